The minimum absolute atomic E-state index is 0.0167. The Kier molecular flexibility index (Phi) is 3.45. The van der Waals surface area contributed by atoms with E-state index in [-0.39, 0.29) is 12.5 Å². The van der Waals surface area contributed by atoms with Crippen molar-refractivity contribution in [2.24, 2.45) is 0 Å². The van der Waals surface area contributed by atoms with E-state index >= 15 is 0 Å². The zero-order chi connectivity index (χ0) is 12.3. The van der Waals surface area contributed by atoms with E-state index < -0.39 is 12.6 Å². The molecule has 0 spiro atoms. The maximum atomic E-state index is 10.2. The van der Waals surface area contributed by atoms with Crippen LogP contribution in [0.25, 0.3) is 10.8 Å². The summed E-state index contributed by atoms with van der Waals surface area (Å²) in [5, 5.41) is 16.0. The van der Waals surface area contributed by atoms with E-state index in [1.165, 1.54) is 11.3 Å². The van der Waals surface area contributed by atoms with Crippen molar-refractivity contribution < 1.29 is 19.1 Å². The van der Waals surface area contributed by atoms with E-state index in [1.807, 2.05) is 6.92 Å². The summed E-state index contributed by atoms with van der Waals surface area (Å²) >= 11 is 1.40. The molecule has 0 aliphatic heterocycles. The smallest absolute Gasteiger partial charge is 0.329 e. The molecule has 8 heteroatoms. The average molecular weight is 255 g/mol. The lowest BCUT2D eigenvalue weighted by Crippen LogP contribution is -2.06. The minimum atomic E-state index is -1.04. The Morgan fingerprint density at radius 2 is 2.41 bits per heavy atom. The first kappa shape index (κ1) is 11.7. The van der Waals surface area contributed by atoms with Crippen molar-refractivity contribution in [3.8, 4) is 10.8 Å². The molecule has 2 rings (SSSR count). The fraction of sp³-hybridized carbons (Fsp3) is 0.333. The quantitative estimate of drug-likeness (QED) is 0.854. The number of carbonyl (C=O) groups is 1. The molecule has 0 amide bonds. The van der Waals surface area contributed by atoms with Gasteiger partial charge in [0.1, 0.15) is 18.1 Å². The van der Waals surface area contributed by atoms with Crippen molar-refractivity contribution in [3.05, 3.63) is 17.1 Å². The summed E-state index contributed by atoms with van der Waals surface area (Å²) in [5.74, 6) is -0.420. The first-order valence-corrected chi connectivity index (χ1v) is 5.57. The van der Waals surface area contributed by atoms with Gasteiger partial charge in [-0.1, -0.05) is 0 Å². The van der Waals surface area contributed by atoms with Crippen LogP contribution < -0.4 is 0 Å². The molecular formula is C9H9N3O4S. The van der Waals surface area contributed by atoms with Crippen molar-refractivity contribution in [2.75, 3.05) is 6.61 Å². The molecule has 0 radical (unpaired) electrons. The SMILES string of the molecule is Cc1ncsc1-c1nnc(COCC(=O)O)o1. The third-order valence-corrected chi connectivity index (χ3v) is 2.77. The van der Waals surface area contributed by atoms with Gasteiger partial charge in [-0.15, -0.1) is 21.5 Å². The number of nitrogens with zero attached hydrogens (tertiary/aromatic N) is 3. The molecule has 0 aliphatic carbocycles. The van der Waals surface area contributed by atoms with Crippen molar-refractivity contribution >= 4 is 17.3 Å². The van der Waals surface area contributed by atoms with E-state index in [0.29, 0.717) is 5.89 Å². The molecule has 17 heavy (non-hydrogen) atoms. The monoisotopic (exact) mass is 255 g/mol. The molecule has 0 atom stereocenters. The van der Waals surface area contributed by atoms with Gasteiger partial charge in [-0.25, -0.2) is 9.78 Å². The van der Waals surface area contributed by atoms with Crippen molar-refractivity contribution in [3.63, 3.8) is 0 Å². The van der Waals surface area contributed by atoms with Crippen LogP contribution in [0.2, 0.25) is 0 Å². The zero-order valence-electron chi connectivity index (χ0n) is 8.91. The van der Waals surface area contributed by atoms with Gasteiger partial charge in [0.25, 0.3) is 5.89 Å². The molecule has 1 N–H and O–H groups in total. The minimum Gasteiger partial charge on any atom is -0.480 e. The number of thiazole rings is 1. The number of hydrogen-bond acceptors (Lipinski definition) is 7. The Bertz CT molecular complexity index is 522. The van der Waals surface area contributed by atoms with Crippen LogP contribution in [0, 0.1) is 6.92 Å². The molecule has 90 valence electrons. The van der Waals surface area contributed by atoms with Crippen molar-refractivity contribution in [2.45, 2.75) is 13.5 Å². The fourth-order valence-corrected chi connectivity index (χ4v) is 1.86. The molecular weight excluding hydrogens is 246 g/mol. The van der Waals surface area contributed by atoms with Crippen molar-refractivity contribution in [1.82, 2.24) is 15.2 Å². The largest absolute Gasteiger partial charge is 0.480 e. The van der Waals surface area contributed by atoms with Crippen LogP contribution in [0.3, 0.4) is 0 Å². The lowest BCUT2D eigenvalue weighted by Gasteiger charge is -1.94. The number of aromatic nitrogens is 3. The van der Waals surface area contributed by atoms with Gasteiger partial charge >= 0.3 is 5.97 Å². The second-order valence-corrected chi connectivity index (χ2v) is 4.01. The van der Waals surface area contributed by atoms with E-state index in [2.05, 4.69) is 15.2 Å². The number of carboxylic acid groups (broad SMARTS) is 1. The lowest BCUT2D eigenvalue weighted by atomic mass is 10.4. The third kappa shape index (κ3) is 2.86. The van der Waals surface area contributed by atoms with Gasteiger partial charge in [-0.2, -0.15) is 0 Å². The second-order valence-electron chi connectivity index (χ2n) is 3.15. The van der Waals surface area contributed by atoms with Crippen LogP contribution in [-0.4, -0.2) is 32.9 Å². The molecule has 2 aromatic rings. The second kappa shape index (κ2) is 5.02. The number of aryl methyl sites for hydroxylation is 1. The van der Waals surface area contributed by atoms with Gasteiger partial charge in [0.2, 0.25) is 5.89 Å². The highest BCUT2D eigenvalue weighted by molar-refractivity contribution is 7.13. The van der Waals surface area contributed by atoms with E-state index in [1.54, 1.807) is 5.51 Å². The molecule has 0 aromatic carbocycles. The molecule has 2 aromatic heterocycles. The maximum absolute atomic E-state index is 10.2. The van der Waals surface area contributed by atoms with Gasteiger partial charge in [-0.3, -0.25) is 0 Å². The highest BCUT2D eigenvalue weighted by atomic mass is 32.1. The van der Waals surface area contributed by atoms with Crippen LogP contribution in [-0.2, 0) is 16.1 Å². The third-order valence-electron chi connectivity index (χ3n) is 1.86. The topological polar surface area (TPSA) is 98.3 Å². The molecule has 0 bridgehead atoms. The normalized spacial score (nSPS) is 10.6. The van der Waals surface area contributed by atoms with Gasteiger partial charge in [-0.05, 0) is 6.92 Å². The summed E-state index contributed by atoms with van der Waals surface area (Å²) in [5.41, 5.74) is 2.51. The Morgan fingerprint density at radius 1 is 1.59 bits per heavy atom. The van der Waals surface area contributed by atoms with Crippen molar-refractivity contribution in [1.29, 1.82) is 0 Å². The summed E-state index contributed by atoms with van der Waals surface area (Å²) in [7, 11) is 0. The molecule has 0 aliphatic rings. The van der Waals surface area contributed by atoms with Gasteiger partial charge < -0.3 is 14.3 Å². The van der Waals surface area contributed by atoms with E-state index in [0.717, 1.165) is 10.6 Å². The Balaban J connectivity index is 2.01. The first-order valence-electron chi connectivity index (χ1n) is 4.69. The molecule has 0 unspecified atom stereocenters. The summed E-state index contributed by atoms with van der Waals surface area (Å²) in [6.45, 7) is 1.44. The summed E-state index contributed by atoms with van der Waals surface area (Å²) in [4.78, 5) is 15.1. The van der Waals surface area contributed by atoms with Gasteiger partial charge in [0, 0.05) is 0 Å². The molecule has 2 heterocycles. The predicted octanol–water partition coefficient (Wildman–Crippen LogP) is 1.10. The predicted molar refractivity (Wildman–Crippen MR) is 57.4 cm³/mol. The summed E-state index contributed by atoms with van der Waals surface area (Å²) in [6.07, 6.45) is 0. The maximum Gasteiger partial charge on any atom is 0.329 e. The number of aliphatic carboxylic acids is 1. The van der Waals surface area contributed by atoms with Crippen LogP contribution in [0.4, 0.5) is 0 Å². The van der Waals surface area contributed by atoms with Crippen LogP contribution in [0.5, 0.6) is 0 Å². The fourth-order valence-electron chi connectivity index (χ4n) is 1.14. The highest BCUT2D eigenvalue weighted by Crippen LogP contribution is 2.25. The zero-order valence-corrected chi connectivity index (χ0v) is 9.73. The van der Waals surface area contributed by atoms with Gasteiger partial charge in [0.15, 0.2) is 0 Å². The highest BCUT2D eigenvalue weighted by Gasteiger charge is 2.13. The number of rotatable bonds is 5. The number of carboxylic acids is 1. The van der Waals surface area contributed by atoms with Gasteiger partial charge in [0.05, 0.1) is 11.2 Å². The molecule has 7 nitrogen and oxygen atoms in total. The number of ether oxygens (including phenoxy) is 1. The van der Waals surface area contributed by atoms with Crippen LogP contribution in [0.15, 0.2) is 9.93 Å². The number of hydrogen-bond donors (Lipinski definition) is 1. The Labute approximate surface area is 100 Å². The van der Waals surface area contributed by atoms with Crippen LogP contribution >= 0.6 is 11.3 Å². The average Bonchev–Trinajstić information content (AvgIpc) is 2.86. The molecule has 0 saturated heterocycles. The Morgan fingerprint density at radius 3 is 3.06 bits per heavy atom. The van der Waals surface area contributed by atoms with E-state index in [9.17, 15) is 4.79 Å². The lowest BCUT2D eigenvalue weighted by molar-refractivity contribution is -0.142. The molecule has 0 saturated carbocycles. The Hall–Kier alpha value is -1.80. The molecule has 0 fully saturated rings. The first-order chi connectivity index (χ1) is 8.16. The summed E-state index contributed by atoms with van der Waals surface area (Å²) < 4.78 is 10.2. The summed E-state index contributed by atoms with van der Waals surface area (Å²) in [6, 6.07) is 0. The van der Waals surface area contributed by atoms with E-state index in [4.69, 9.17) is 14.3 Å². The standard InChI is InChI=1S/C9H9N3O4S/c1-5-8(17-4-10-5)9-12-11-6(16-9)2-15-3-7(13)14/h4H,2-3H2,1H3,(H,13,14). The van der Waals surface area contributed by atoms with Crippen LogP contribution in [0.1, 0.15) is 11.6 Å².